The number of halogens is 1. The number of hydrogen-bond acceptors (Lipinski definition) is 5. The summed E-state index contributed by atoms with van der Waals surface area (Å²) in [4.78, 5) is 38.0. The molecule has 1 aliphatic rings. The lowest BCUT2D eigenvalue weighted by molar-refractivity contribution is -0.122. The number of benzene rings is 2. The Balaban J connectivity index is 1.74. The van der Waals surface area contributed by atoms with Gasteiger partial charge in [-0.1, -0.05) is 30.7 Å². The lowest BCUT2D eigenvalue weighted by Gasteiger charge is -2.23. The molecule has 1 atom stereocenters. The second kappa shape index (κ2) is 10.00. The highest BCUT2D eigenvalue weighted by atomic mass is 35.5. The van der Waals surface area contributed by atoms with Crippen LogP contribution in [0.25, 0.3) is 11.1 Å². The number of aromatic nitrogens is 1. The number of rotatable bonds is 9. The summed E-state index contributed by atoms with van der Waals surface area (Å²) < 4.78 is 7.00. The number of hydrogen-bond donors (Lipinski definition) is 1. The van der Waals surface area contributed by atoms with Crippen LogP contribution in [0.5, 0.6) is 5.75 Å². The summed E-state index contributed by atoms with van der Waals surface area (Å²) >= 11 is 6.16. The Morgan fingerprint density at radius 3 is 2.44 bits per heavy atom. The van der Waals surface area contributed by atoms with Gasteiger partial charge in [0.2, 0.25) is 0 Å². The number of aromatic carboxylic acids is 1. The summed E-state index contributed by atoms with van der Waals surface area (Å²) in [5.41, 5.74) is 1.64. The zero-order chi connectivity index (χ0) is 26.0. The minimum Gasteiger partial charge on any atom is -0.495 e. The Hall–Kier alpha value is -3.89. The number of nitrogens with zero attached hydrogens (tertiary/aromatic N) is 2. The molecular formula is C28H25ClN2O5. The number of nitriles is 1. The number of pyridine rings is 1. The van der Waals surface area contributed by atoms with Gasteiger partial charge in [0.1, 0.15) is 5.75 Å². The molecule has 4 rings (SSSR count). The summed E-state index contributed by atoms with van der Waals surface area (Å²) in [7, 11) is 1.47. The molecule has 1 N–H and O–H groups in total. The first-order valence-electron chi connectivity index (χ1n) is 11.5. The second-order valence-corrected chi connectivity index (χ2v) is 9.91. The van der Waals surface area contributed by atoms with E-state index in [1.807, 2.05) is 0 Å². The van der Waals surface area contributed by atoms with Gasteiger partial charge < -0.3 is 14.4 Å². The molecule has 2 aromatic carbocycles. The van der Waals surface area contributed by atoms with E-state index < -0.39 is 17.6 Å². The predicted molar refractivity (Wildman–Crippen MR) is 136 cm³/mol. The molecule has 1 fully saturated rings. The van der Waals surface area contributed by atoms with Crippen LogP contribution in [0.3, 0.4) is 0 Å². The number of ketones is 1. The Morgan fingerprint density at radius 2 is 1.86 bits per heavy atom. The maximum absolute atomic E-state index is 13.5. The first-order chi connectivity index (χ1) is 17.1. The van der Waals surface area contributed by atoms with Crippen molar-refractivity contribution in [1.82, 2.24) is 4.57 Å². The van der Waals surface area contributed by atoms with Crippen molar-refractivity contribution >= 4 is 23.4 Å². The number of methoxy groups -OCH3 is 1. The van der Waals surface area contributed by atoms with E-state index in [1.165, 1.54) is 36.1 Å². The van der Waals surface area contributed by atoms with E-state index in [1.54, 1.807) is 30.3 Å². The van der Waals surface area contributed by atoms with Gasteiger partial charge in [0.25, 0.3) is 5.56 Å². The van der Waals surface area contributed by atoms with E-state index in [9.17, 15) is 19.6 Å². The van der Waals surface area contributed by atoms with Gasteiger partial charge in [-0.3, -0.25) is 9.59 Å². The highest BCUT2D eigenvalue weighted by Crippen LogP contribution is 2.51. The monoisotopic (exact) mass is 504 g/mol. The fourth-order valence-electron chi connectivity index (χ4n) is 4.32. The van der Waals surface area contributed by atoms with E-state index in [0.717, 1.165) is 12.8 Å². The van der Waals surface area contributed by atoms with Crippen molar-refractivity contribution in [2.75, 3.05) is 7.11 Å². The highest BCUT2D eigenvalue weighted by molar-refractivity contribution is 6.31. The lowest BCUT2D eigenvalue weighted by atomic mass is 9.92. The molecule has 1 aliphatic carbocycles. The molecule has 0 spiro atoms. The quantitative estimate of drug-likeness (QED) is 0.424. The van der Waals surface area contributed by atoms with Crippen LogP contribution >= 0.6 is 11.6 Å². The van der Waals surface area contributed by atoms with Crippen LogP contribution in [-0.4, -0.2) is 28.5 Å². The van der Waals surface area contributed by atoms with E-state index in [2.05, 4.69) is 13.0 Å². The van der Waals surface area contributed by atoms with Crippen molar-refractivity contribution in [3.8, 4) is 22.9 Å². The molecule has 3 aromatic rings. The maximum Gasteiger partial charge on any atom is 0.335 e. The summed E-state index contributed by atoms with van der Waals surface area (Å²) in [6.45, 7) is 2.09. The fraction of sp³-hybridized carbons (Fsp3) is 0.286. The van der Waals surface area contributed by atoms with Crippen molar-refractivity contribution in [1.29, 1.82) is 5.26 Å². The lowest BCUT2D eigenvalue weighted by Crippen LogP contribution is -2.32. The average molecular weight is 505 g/mol. The molecule has 1 heterocycles. The largest absolute Gasteiger partial charge is 0.495 e. The van der Waals surface area contributed by atoms with Crippen molar-refractivity contribution in [3.05, 3.63) is 86.8 Å². The van der Waals surface area contributed by atoms with Gasteiger partial charge in [-0.05, 0) is 60.6 Å². The first-order valence-corrected chi connectivity index (χ1v) is 11.9. The smallest absolute Gasteiger partial charge is 0.335 e. The third kappa shape index (κ3) is 5.34. The molecule has 1 aromatic heterocycles. The number of carboxylic acids is 1. The van der Waals surface area contributed by atoms with Crippen molar-refractivity contribution < 1.29 is 19.4 Å². The molecule has 1 saturated carbocycles. The van der Waals surface area contributed by atoms with Crippen molar-refractivity contribution in [2.24, 2.45) is 5.41 Å². The van der Waals surface area contributed by atoms with Crippen LogP contribution in [0.1, 0.15) is 53.7 Å². The van der Waals surface area contributed by atoms with Crippen molar-refractivity contribution in [3.63, 3.8) is 0 Å². The minimum atomic E-state index is -1.04. The Bertz CT molecular complexity index is 1430. The summed E-state index contributed by atoms with van der Waals surface area (Å²) in [6, 6.07) is 13.7. The summed E-state index contributed by atoms with van der Waals surface area (Å²) in [5, 5.41) is 19.1. The van der Waals surface area contributed by atoms with Gasteiger partial charge in [-0.2, -0.15) is 5.26 Å². The minimum absolute atomic E-state index is 0.0280. The first kappa shape index (κ1) is 25.2. The fourth-order valence-corrected chi connectivity index (χ4v) is 4.49. The number of carboxylic acid groups (broad SMARTS) is 1. The molecule has 0 saturated heterocycles. The Labute approximate surface area is 213 Å². The van der Waals surface area contributed by atoms with Gasteiger partial charge in [0, 0.05) is 28.6 Å². The Kier molecular flexibility index (Phi) is 7.00. The molecule has 0 aliphatic heterocycles. The SMILES string of the molecule is COc1cn(C(CC2(C)CC2)C(=O)Cc2ccc(C(=O)O)cc2)c(=O)cc1-c1cc(Cl)ccc1C#N. The average Bonchev–Trinajstić information content (AvgIpc) is 3.59. The molecular weight excluding hydrogens is 480 g/mol. The van der Waals surface area contributed by atoms with E-state index in [-0.39, 0.29) is 23.2 Å². The van der Waals surface area contributed by atoms with Gasteiger partial charge in [-0.15, -0.1) is 0 Å². The standard InChI is InChI=1S/C28H25ClN2O5/c1-28(9-10-28)14-23(24(32)11-17-3-5-18(6-4-17)27(34)35)31-16-25(36-2)22(13-26(31)33)21-12-20(29)8-7-19(21)15-30/h3-8,12-13,16,23H,9-11,14H2,1-2H3,(H,34,35). The molecule has 0 bridgehead atoms. The molecule has 8 heteroatoms. The molecule has 36 heavy (non-hydrogen) atoms. The van der Waals surface area contributed by atoms with Gasteiger partial charge >= 0.3 is 5.97 Å². The Morgan fingerprint density at radius 1 is 1.17 bits per heavy atom. The number of ether oxygens (including phenoxy) is 1. The van der Waals surface area contributed by atoms with Gasteiger partial charge in [-0.25, -0.2) is 4.79 Å². The summed E-state index contributed by atoms with van der Waals surface area (Å²) in [6.07, 6.45) is 4.04. The topological polar surface area (TPSA) is 109 Å². The van der Waals surface area contributed by atoms with Gasteiger partial charge in [0.05, 0.1) is 36.5 Å². The van der Waals surface area contributed by atoms with Gasteiger partial charge in [0.15, 0.2) is 5.78 Å². The van der Waals surface area contributed by atoms with Crippen LogP contribution in [0.15, 0.2) is 59.5 Å². The molecule has 0 amide bonds. The maximum atomic E-state index is 13.5. The third-order valence-corrected chi connectivity index (χ3v) is 6.97. The predicted octanol–water partition coefficient (Wildman–Crippen LogP) is 5.29. The molecule has 184 valence electrons. The molecule has 7 nitrogen and oxygen atoms in total. The van der Waals surface area contributed by atoms with E-state index in [0.29, 0.717) is 39.4 Å². The molecule has 1 unspecified atom stereocenters. The zero-order valence-electron chi connectivity index (χ0n) is 20.0. The van der Waals surface area contributed by atoms with E-state index >= 15 is 0 Å². The molecule has 0 radical (unpaired) electrons. The van der Waals surface area contributed by atoms with Crippen molar-refractivity contribution in [2.45, 2.75) is 38.6 Å². The second-order valence-electron chi connectivity index (χ2n) is 9.48. The van der Waals surface area contributed by atoms with Crippen LogP contribution in [0.2, 0.25) is 5.02 Å². The van der Waals surface area contributed by atoms with Crippen LogP contribution in [-0.2, 0) is 11.2 Å². The zero-order valence-corrected chi connectivity index (χ0v) is 20.7. The normalized spacial score (nSPS) is 14.5. The highest BCUT2D eigenvalue weighted by Gasteiger charge is 2.41. The number of Topliss-reactive ketones (excluding diaryl/α,β-unsaturated/α-hetero) is 1. The van der Waals surface area contributed by atoms with Crippen LogP contribution in [0, 0.1) is 16.7 Å². The third-order valence-electron chi connectivity index (χ3n) is 6.73. The summed E-state index contributed by atoms with van der Waals surface area (Å²) in [5.74, 6) is -0.841. The van der Waals surface area contributed by atoms with Crippen LogP contribution in [0.4, 0.5) is 0 Å². The van der Waals surface area contributed by atoms with Crippen LogP contribution < -0.4 is 10.3 Å². The van der Waals surface area contributed by atoms with E-state index in [4.69, 9.17) is 21.4 Å². The number of carbonyl (C=O) groups excluding carboxylic acids is 1. The number of carbonyl (C=O) groups is 2.